The minimum absolute atomic E-state index is 0.453. The van der Waals surface area contributed by atoms with Crippen molar-refractivity contribution < 1.29 is 4.74 Å². The number of rotatable bonds is 5. The Bertz CT molecular complexity index is 1080. The number of pyridine rings is 2. The van der Waals surface area contributed by atoms with Crippen molar-refractivity contribution in [2.75, 3.05) is 0 Å². The average Bonchev–Trinajstić information content (AvgIpc) is 3.19. The summed E-state index contributed by atoms with van der Waals surface area (Å²) in [6.07, 6.45) is 5.54. The molecule has 0 radical (unpaired) electrons. The summed E-state index contributed by atoms with van der Waals surface area (Å²) in [5.74, 6) is 1.67. The second kappa shape index (κ2) is 7.64. The van der Waals surface area contributed by atoms with Crippen LogP contribution in [-0.4, -0.2) is 19.9 Å². The Labute approximate surface area is 164 Å². The van der Waals surface area contributed by atoms with E-state index in [1.165, 1.54) is 0 Å². The summed E-state index contributed by atoms with van der Waals surface area (Å²) in [4.78, 5) is 16.6. The molecule has 0 amide bonds. The van der Waals surface area contributed by atoms with E-state index in [-0.39, 0.29) is 0 Å². The van der Waals surface area contributed by atoms with Crippen LogP contribution >= 0.6 is 0 Å². The van der Waals surface area contributed by atoms with Gasteiger partial charge in [0.25, 0.3) is 0 Å². The lowest BCUT2D eigenvalue weighted by molar-refractivity contribution is 0.299. The highest BCUT2D eigenvalue weighted by atomic mass is 16.5. The third kappa shape index (κ3) is 3.93. The summed E-state index contributed by atoms with van der Waals surface area (Å²) in [6.45, 7) is 6.49. The first-order valence-electron chi connectivity index (χ1n) is 9.22. The number of nitrogens with zero attached hydrogens (tertiary/aromatic N) is 3. The lowest BCUT2D eigenvalue weighted by Crippen LogP contribution is -1.99. The fourth-order valence-corrected chi connectivity index (χ4v) is 2.94. The van der Waals surface area contributed by atoms with Gasteiger partial charge in [-0.25, -0.2) is 4.98 Å². The zero-order chi connectivity index (χ0) is 19.5. The summed E-state index contributed by atoms with van der Waals surface area (Å²) < 4.78 is 5.94. The van der Waals surface area contributed by atoms with Crippen LogP contribution in [0, 0.1) is 20.8 Å². The maximum Gasteiger partial charge on any atom is 0.139 e. The topological polar surface area (TPSA) is 63.7 Å². The van der Waals surface area contributed by atoms with Gasteiger partial charge in [-0.3, -0.25) is 9.97 Å². The monoisotopic (exact) mass is 370 g/mol. The number of ether oxygens (including phenoxy) is 1. The fourth-order valence-electron chi connectivity index (χ4n) is 2.94. The molecule has 3 heterocycles. The summed E-state index contributed by atoms with van der Waals surface area (Å²) in [6, 6.07) is 14.2. The molecule has 1 N–H and O–H groups in total. The van der Waals surface area contributed by atoms with Crippen LogP contribution in [0.3, 0.4) is 0 Å². The molecule has 28 heavy (non-hydrogen) atoms. The average molecular weight is 370 g/mol. The van der Waals surface area contributed by atoms with E-state index in [9.17, 15) is 0 Å². The second-order valence-corrected chi connectivity index (χ2v) is 6.93. The van der Waals surface area contributed by atoms with Crippen molar-refractivity contribution in [2.45, 2.75) is 27.4 Å². The molecule has 0 unspecified atom stereocenters. The zero-order valence-electron chi connectivity index (χ0n) is 16.2. The standard InChI is InChI=1S/C23H22N4O/c1-15-4-8-20(25-11-15)14-28-22-9-7-18(10-16(22)2)21-13-26-23(27-21)19-6-5-17(3)24-12-19/h4-13H,14H2,1-3H3,(H,26,27). The van der Waals surface area contributed by atoms with Gasteiger partial charge in [-0.1, -0.05) is 6.07 Å². The Balaban J connectivity index is 1.50. The van der Waals surface area contributed by atoms with Gasteiger partial charge in [-0.15, -0.1) is 0 Å². The Hall–Kier alpha value is -3.47. The van der Waals surface area contributed by atoms with Crippen molar-refractivity contribution in [1.29, 1.82) is 0 Å². The van der Waals surface area contributed by atoms with Gasteiger partial charge in [0.2, 0.25) is 0 Å². The molecule has 0 aliphatic carbocycles. The van der Waals surface area contributed by atoms with Gasteiger partial charge in [0.1, 0.15) is 18.2 Å². The molecule has 0 fully saturated rings. The van der Waals surface area contributed by atoms with E-state index in [0.717, 1.165) is 50.9 Å². The first-order valence-corrected chi connectivity index (χ1v) is 9.22. The van der Waals surface area contributed by atoms with Gasteiger partial charge >= 0.3 is 0 Å². The molecule has 5 heteroatoms. The molecule has 0 spiro atoms. The molecule has 1 aromatic carbocycles. The molecule has 0 atom stereocenters. The van der Waals surface area contributed by atoms with Gasteiger partial charge in [0.15, 0.2) is 0 Å². The first-order chi connectivity index (χ1) is 13.6. The van der Waals surface area contributed by atoms with Crippen molar-refractivity contribution in [3.8, 4) is 28.4 Å². The third-order valence-corrected chi connectivity index (χ3v) is 4.59. The van der Waals surface area contributed by atoms with Crippen molar-refractivity contribution >= 4 is 0 Å². The van der Waals surface area contributed by atoms with Crippen LogP contribution in [0.25, 0.3) is 22.6 Å². The van der Waals surface area contributed by atoms with Gasteiger partial charge in [0, 0.05) is 29.2 Å². The van der Waals surface area contributed by atoms with E-state index in [1.54, 1.807) is 0 Å². The Morgan fingerprint density at radius 1 is 0.821 bits per heavy atom. The molecular formula is C23H22N4O. The van der Waals surface area contributed by atoms with Crippen molar-refractivity contribution in [3.05, 3.63) is 83.6 Å². The van der Waals surface area contributed by atoms with E-state index in [2.05, 4.69) is 26.0 Å². The number of hydrogen-bond donors (Lipinski definition) is 1. The SMILES string of the molecule is Cc1ccc(COc2ccc(-c3cnc(-c4ccc(C)nc4)[nH]3)cc2C)nc1. The zero-order valence-corrected chi connectivity index (χ0v) is 16.2. The van der Waals surface area contributed by atoms with E-state index in [4.69, 9.17) is 4.74 Å². The van der Waals surface area contributed by atoms with Crippen LogP contribution in [0.15, 0.2) is 61.1 Å². The van der Waals surface area contributed by atoms with Crippen molar-refractivity contribution in [1.82, 2.24) is 19.9 Å². The predicted octanol–water partition coefficient (Wildman–Crippen LogP) is 5.04. The van der Waals surface area contributed by atoms with Gasteiger partial charge < -0.3 is 9.72 Å². The minimum atomic E-state index is 0.453. The fraction of sp³-hybridized carbons (Fsp3) is 0.174. The summed E-state index contributed by atoms with van der Waals surface area (Å²) in [5.41, 5.74) is 7.12. The Morgan fingerprint density at radius 3 is 2.39 bits per heavy atom. The lowest BCUT2D eigenvalue weighted by atomic mass is 10.1. The number of aromatic nitrogens is 4. The lowest BCUT2D eigenvalue weighted by Gasteiger charge is -2.10. The molecule has 4 aromatic rings. The highest BCUT2D eigenvalue weighted by Gasteiger charge is 2.08. The molecule has 0 saturated heterocycles. The number of H-pyrrole nitrogens is 1. The summed E-state index contributed by atoms with van der Waals surface area (Å²) in [5, 5.41) is 0. The molecule has 0 aliphatic heterocycles. The number of benzene rings is 1. The van der Waals surface area contributed by atoms with Crippen LogP contribution in [0.5, 0.6) is 5.75 Å². The highest BCUT2D eigenvalue weighted by Crippen LogP contribution is 2.27. The molecule has 4 rings (SSSR count). The largest absolute Gasteiger partial charge is 0.487 e. The number of aromatic amines is 1. The van der Waals surface area contributed by atoms with Gasteiger partial charge in [0.05, 0.1) is 17.6 Å². The van der Waals surface area contributed by atoms with E-state index < -0.39 is 0 Å². The van der Waals surface area contributed by atoms with Gasteiger partial charge in [-0.05, 0) is 68.3 Å². The number of aryl methyl sites for hydroxylation is 3. The Morgan fingerprint density at radius 2 is 1.68 bits per heavy atom. The second-order valence-electron chi connectivity index (χ2n) is 6.93. The maximum absolute atomic E-state index is 5.94. The number of hydrogen-bond acceptors (Lipinski definition) is 4. The van der Waals surface area contributed by atoms with Crippen LogP contribution in [0.2, 0.25) is 0 Å². The van der Waals surface area contributed by atoms with Crippen LogP contribution in [0.4, 0.5) is 0 Å². The van der Waals surface area contributed by atoms with Crippen LogP contribution in [-0.2, 0) is 6.61 Å². The predicted molar refractivity (Wildman–Crippen MR) is 110 cm³/mol. The molecule has 0 aliphatic rings. The van der Waals surface area contributed by atoms with Crippen molar-refractivity contribution in [3.63, 3.8) is 0 Å². The smallest absolute Gasteiger partial charge is 0.139 e. The normalized spacial score (nSPS) is 10.8. The molecule has 140 valence electrons. The van der Waals surface area contributed by atoms with E-state index in [0.29, 0.717) is 6.61 Å². The quantitative estimate of drug-likeness (QED) is 0.535. The molecule has 0 bridgehead atoms. The highest BCUT2D eigenvalue weighted by molar-refractivity contribution is 5.65. The molecular weight excluding hydrogens is 348 g/mol. The minimum Gasteiger partial charge on any atom is -0.487 e. The Kier molecular flexibility index (Phi) is 4.89. The summed E-state index contributed by atoms with van der Waals surface area (Å²) in [7, 11) is 0. The van der Waals surface area contributed by atoms with Crippen LogP contribution in [0.1, 0.15) is 22.5 Å². The first kappa shape index (κ1) is 17.9. The van der Waals surface area contributed by atoms with Crippen LogP contribution < -0.4 is 4.74 Å². The maximum atomic E-state index is 5.94. The third-order valence-electron chi connectivity index (χ3n) is 4.59. The van der Waals surface area contributed by atoms with E-state index >= 15 is 0 Å². The van der Waals surface area contributed by atoms with Crippen molar-refractivity contribution in [2.24, 2.45) is 0 Å². The molecule has 0 saturated carbocycles. The number of nitrogens with one attached hydrogen (secondary N) is 1. The van der Waals surface area contributed by atoms with Gasteiger partial charge in [-0.2, -0.15) is 0 Å². The van der Waals surface area contributed by atoms with E-state index in [1.807, 2.05) is 75.8 Å². The molecule has 5 nitrogen and oxygen atoms in total. The summed E-state index contributed by atoms with van der Waals surface area (Å²) >= 11 is 0. The number of imidazole rings is 1. The molecule has 3 aromatic heterocycles.